The van der Waals surface area contributed by atoms with Gasteiger partial charge in [-0.2, -0.15) is 0 Å². The van der Waals surface area contributed by atoms with E-state index in [1.165, 1.54) is 0 Å². The van der Waals surface area contributed by atoms with Crippen LogP contribution in [0.4, 0.5) is 0 Å². The minimum Gasteiger partial charge on any atom is -0.480 e. The number of rotatable bonds is 4. The maximum absolute atomic E-state index is 11.5. The van der Waals surface area contributed by atoms with Crippen molar-refractivity contribution >= 4 is 40.1 Å². The first-order chi connectivity index (χ1) is 7.00. The zero-order chi connectivity index (χ0) is 11.4. The zero-order valence-corrected chi connectivity index (χ0v) is 10.6. The summed E-state index contributed by atoms with van der Waals surface area (Å²) in [7, 11) is 0. The van der Waals surface area contributed by atoms with E-state index >= 15 is 0 Å². The van der Waals surface area contributed by atoms with Crippen LogP contribution in [-0.4, -0.2) is 22.9 Å². The number of Topliss-reactive ketones (excluding diaryl/α,β-unsaturated/α-hetero) is 1. The average Bonchev–Trinajstić information content (AvgIpc) is 2.17. The number of aliphatic carboxylic acids is 1. The lowest BCUT2D eigenvalue weighted by atomic mass is 10.0. The van der Waals surface area contributed by atoms with Gasteiger partial charge < -0.3 is 10.8 Å². The van der Waals surface area contributed by atoms with E-state index in [4.69, 9.17) is 10.8 Å². The monoisotopic (exact) mass is 307 g/mol. The Morgan fingerprint density at radius 1 is 1.44 bits per heavy atom. The molecule has 1 aromatic rings. The molecule has 0 amide bonds. The Hall–Kier alpha value is -0.910. The molecule has 0 aliphatic carbocycles. The average molecular weight is 309 g/mol. The molecule has 0 bridgehead atoms. The minimum atomic E-state index is -1.17. The van der Waals surface area contributed by atoms with Gasteiger partial charge in [-0.15, -0.1) is 12.4 Å². The fraction of sp³-hybridized carbons (Fsp3) is 0.200. The molecule has 1 rings (SSSR count). The smallest absolute Gasteiger partial charge is 0.320 e. The molecule has 6 heteroatoms. The van der Waals surface area contributed by atoms with Gasteiger partial charge in [0.25, 0.3) is 0 Å². The fourth-order valence-electron chi connectivity index (χ4n) is 1.07. The highest BCUT2D eigenvalue weighted by Gasteiger charge is 2.17. The first-order valence-electron chi connectivity index (χ1n) is 4.28. The van der Waals surface area contributed by atoms with Gasteiger partial charge >= 0.3 is 5.97 Å². The van der Waals surface area contributed by atoms with Gasteiger partial charge in [0.1, 0.15) is 6.04 Å². The topological polar surface area (TPSA) is 80.4 Å². The minimum absolute atomic E-state index is 0. The van der Waals surface area contributed by atoms with Crippen LogP contribution < -0.4 is 5.73 Å². The van der Waals surface area contributed by atoms with Crippen molar-refractivity contribution in [1.82, 2.24) is 0 Å². The molecule has 0 fully saturated rings. The molecule has 4 nitrogen and oxygen atoms in total. The first-order valence-corrected chi connectivity index (χ1v) is 5.07. The predicted molar refractivity (Wildman–Crippen MR) is 65.9 cm³/mol. The van der Waals surface area contributed by atoms with Crippen molar-refractivity contribution in [2.75, 3.05) is 0 Å². The van der Waals surface area contributed by atoms with Gasteiger partial charge in [-0.05, 0) is 12.1 Å². The standard InChI is InChI=1S/C10H10BrNO3.ClH/c11-7-3-1-2-6(4-7)9(13)5-8(12)10(14)15;/h1-4,8H,5,12H2,(H,14,15);1H. The Bertz CT molecular complexity index is 397. The van der Waals surface area contributed by atoms with Gasteiger partial charge in [0, 0.05) is 16.5 Å². The largest absolute Gasteiger partial charge is 0.480 e. The van der Waals surface area contributed by atoms with Crippen molar-refractivity contribution in [3.63, 3.8) is 0 Å². The molecule has 0 spiro atoms. The molecule has 1 aromatic carbocycles. The number of benzene rings is 1. The maximum Gasteiger partial charge on any atom is 0.320 e. The first kappa shape index (κ1) is 15.1. The number of hydrogen-bond donors (Lipinski definition) is 2. The van der Waals surface area contributed by atoms with Gasteiger partial charge in [0.15, 0.2) is 5.78 Å². The van der Waals surface area contributed by atoms with E-state index in [2.05, 4.69) is 15.9 Å². The van der Waals surface area contributed by atoms with E-state index in [9.17, 15) is 9.59 Å². The number of hydrogen-bond acceptors (Lipinski definition) is 3. The number of ketones is 1. The van der Waals surface area contributed by atoms with E-state index in [0.29, 0.717) is 5.56 Å². The molecule has 0 radical (unpaired) electrons. The molecule has 16 heavy (non-hydrogen) atoms. The SMILES string of the molecule is Cl.NC(CC(=O)c1cccc(Br)c1)C(=O)O. The normalized spacial score (nSPS) is 11.4. The van der Waals surface area contributed by atoms with Crippen LogP contribution >= 0.6 is 28.3 Å². The lowest BCUT2D eigenvalue weighted by Crippen LogP contribution is -2.32. The van der Waals surface area contributed by atoms with E-state index in [0.717, 1.165) is 4.47 Å². The Morgan fingerprint density at radius 3 is 2.56 bits per heavy atom. The summed E-state index contributed by atoms with van der Waals surface area (Å²) >= 11 is 3.23. The summed E-state index contributed by atoms with van der Waals surface area (Å²) < 4.78 is 0.775. The van der Waals surface area contributed by atoms with Gasteiger partial charge in [-0.25, -0.2) is 0 Å². The number of carboxylic acid groups (broad SMARTS) is 1. The number of carbonyl (C=O) groups is 2. The van der Waals surface area contributed by atoms with Crippen molar-refractivity contribution in [3.8, 4) is 0 Å². The summed E-state index contributed by atoms with van der Waals surface area (Å²) in [4.78, 5) is 22.0. The third-order valence-electron chi connectivity index (χ3n) is 1.87. The summed E-state index contributed by atoms with van der Waals surface area (Å²) in [6.07, 6.45) is -0.189. The third kappa shape index (κ3) is 4.30. The highest BCUT2D eigenvalue weighted by molar-refractivity contribution is 9.10. The van der Waals surface area contributed by atoms with E-state index in [1.807, 2.05) is 0 Å². The number of carboxylic acids is 1. The summed E-state index contributed by atoms with van der Waals surface area (Å²) in [6.45, 7) is 0. The van der Waals surface area contributed by atoms with Crippen LogP contribution in [0.3, 0.4) is 0 Å². The van der Waals surface area contributed by atoms with Crippen molar-refractivity contribution < 1.29 is 14.7 Å². The molecule has 0 saturated carbocycles. The highest BCUT2D eigenvalue weighted by atomic mass is 79.9. The highest BCUT2D eigenvalue weighted by Crippen LogP contribution is 2.13. The molecule has 1 atom stereocenters. The van der Waals surface area contributed by atoms with Crippen molar-refractivity contribution in [3.05, 3.63) is 34.3 Å². The Kier molecular flexibility index (Phi) is 6.25. The quantitative estimate of drug-likeness (QED) is 0.832. The van der Waals surface area contributed by atoms with Crippen LogP contribution in [-0.2, 0) is 4.79 Å². The third-order valence-corrected chi connectivity index (χ3v) is 2.36. The Morgan fingerprint density at radius 2 is 2.06 bits per heavy atom. The molecular weight excluding hydrogens is 297 g/mol. The van der Waals surface area contributed by atoms with E-state index < -0.39 is 12.0 Å². The number of nitrogens with two attached hydrogens (primary N) is 1. The van der Waals surface area contributed by atoms with Gasteiger partial charge in [-0.3, -0.25) is 9.59 Å². The Labute approximate surface area is 107 Å². The van der Waals surface area contributed by atoms with Crippen LogP contribution in [0, 0.1) is 0 Å². The van der Waals surface area contributed by atoms with E-state index in [1.54, 1.807) is 24.3 Å². The molecule has 0 aliphatic rings. The molecular formula is C10H11BrClNO3. The number of carbonyl (C=O) groups excluding carboxylic acids is 1. The lowest BCUT2D eigenvalue weighted by Gasteiger charge is -2.05. The zero-order valence-electron chi connectivity index (χ0n) is 8.22. The molecule has 0 saturated heterocycles. The second kappa shape index (κ2) is 6.62. The van der Waals surface area contributed by atoms with Crippen molar-refractivity contribution in [2.45, 2.75) is 12.5 Å². The van der Waals surface area contributed by atoms with Gasteiger partial charge in [0.2, 0.25) is 0 Å². The lowest BCUT2D eigenvalue weighted by molar-refractivity contribution is -0.138. The maximum atomic E-state index is 11.5. The second-order valence-corrected chi connectivity index (χ2v) is 4.00. The van der Waals surface area contributed by atoms with Crippen LogP contribution in [0.5, 0.6) is 0 Å². The summed E-state index contributed by atoms with van der Waals surface area (Å²) in [6, 6.07) is 5.62. The molecule has 3 N–H and O–H groups in total. The van der Waals surface area contributed by atoms with Gasteiger partial charge in [-0.1, -0.05) is 28.1 Å². The van der Waals surface area contributed by atoms with Crippen LogP contribution in [0.25, 0.3) is 0 Å². The summed E-state index contributed by atoms with van der Waals surface area (Å²) in [5.41, 5.74) is 5.72. The number of halogens is 2. The van der Waals surface area contributed by atoms with Crippen molar-refractivity contribution in [2.24, 2.45) is 5.73 Å². The molecule has 88 valence electrons. The summed E-state index contributed by atoms with van der Waals surface area (Å²) in [5.74, 6) is -1.44. The molecule has 0 heterocycles. The predicted octanol–water partition coefficient (Wildman–Crippen LogP) is 1.86. The molecule has 0 aliphatic heterocycles. The Balaban J connectivity index is 0.00000225. The van der Waals surface area contributed by atoms with Crippen LogP contribution in [0.15, 0.2) is 28.7 Å². The van der Waals surface area contributed by atoms with Crippen LogP contribution in [0.2, 0.25) is 0 Å². The molecule has 1 unspecified atom stereocenters. The molecule has 0 aromatic heterocycles. The fourth-order valence-corrected chi connectivity index (χ4v) is 1.47. The summed E-state index contributed by atoms with van der Waals surface area (Å²) in [5, 5.41) is 8.55. The van der Waals surface area contributed by atoms with Crippen LogP contribution in [0.1, 0.15) is 16.8 Å². The van der Waals surface area contributed by atoms with Gasteiger partial charge in [0.05, 0.1) is 0 Å². The van der Waals surface area contributed by atoms with Crippen molar-refractivity contribution in [1.29, 1.82) is 0 Å². The van der Waals surface area contributed by atoms with E-state index in [-0.39, 0.29) is 24.6 Å². The second-order valence-electron chi connectivity index (χ2n) is 3.08.